The number of hydrogen-bond acceptors (Lipinski definition) is 2. The van der Waals surface area contributed by atoms with Gasteiger partial charge in [-0.3, -0.25) is 0 Å². The molecule has 0 amide bonds. The van der Waals surface area contributed by atoms with Crippen molar-refractivity contribution >= 4 is 0 Å². The summed E-state index contributed by atoms with van der Waals surface area (Å²) in [4.78, 5) is 0. The molecule has 0 heterocycles. The molecule has 3 N–H and O–H groups in total. The molecule has 0 spiro atoms. The van der Waals surface area contributed by atoms with E-state index in [1.807, 2.05) is 0 Å². The van der Waals surface area contributed by atoms with Gasteiger partial charge >= 0.3 is 0 Å². The smallest absolute Gasteiger partial charge is 0.0301 e. The molecule has 0 aliphatic heterocycles. The summed E-state index contributed by atoms with van der Waals surface area (Å²) < 4.78 is 0. The molecule has 2 nitrogen and oxygen atoms in total. The van der Waals surface area contributed by atoms with Gasteiger partial charge in [-0.05, 0) is 12.8 Å². The molecule has 0 bridgehead atoms. The second-order valence-electron chi connectivity index (χ2n) is 3.82. The Morgan fingerprint density at radius 1 is 1.43 bits per heavy atom. The third-order valence-electron chi connectivity index (χ3n) is 2.85. The van der Waals surface area contributed by atoms with Crippen LogP contribution in [0, 0.1) is 12.3 Å². The summed E-state index contributed by atoms with van der Waals surface area (Å²) in [7, 11) is 0. The summed E-state index contributed by atoms with van der Waals surface area (Å²) in [5.41, 5.74) is 5.95. The minimum Gasteiger partial charge on any atom is -0.329 e. The summed E-state index contributed by atoms with van der Waals surface area (Å²) in [6.45, 7) is 5.98. The van der Waals surface area contributed by atoms with E-state index in [0.29, 0.717) is 6.54 Å². The first kappa shape index (κ1) is 13.5. The van der Waals surface area contributed by atoms with Gasteiger partial charge in [0.2, 0.25) is 0 Å². The summed E-state index contributed by atoms with van der Waals surface area (Å²) in [6, 6.07) is 0. The predicted octanol–water partition coefficient (Wildman–Crippen LogP) is 1.90. The lowest BCUT2D eigenvalue weighted by Gasteiger charge is -2.32. The van der Waals surface area contributed by atoms with Crippen LogP contribution in [0.15, 0.2) is 0 Å². The summed E-state index contributed by atoms with van der Waals surface area (Å²) in [6.07, 6.45) is 10.7. The van der Waals surface area contributed by atoms with Crippen molar-refractivity contribution in [2.75, 3.05) is 13.1 Å². The van der Waals surface area contributed by atoms with Crippen molar-refractivity contribution < 1.29 is 0 Å². The van der Waals surface area contributed by atoms with E-state index in [1.54, 1.807) is 0 Å². The molecule has 0 rings (SSSR count). The van der Waals surface area contributed by atoms with Crippen LogP contribution in [0.4, 0.5) is 0 Å². The molecule has 2 heteroatoms. The van der Waals surface area contributed by atoms with E-state index in [4.69, 9.17) is 12.2 Å². The average molecular weight is 196 g/mol. The first-order valence-electron chi connectivity index (χ1n) is 5.63. The van der Waals surface area contributed by atoms with Crippen molar-refractivity contribution in [3.05, 3.63) is 0 Å². The van der Waals surface area contributed by atoms with Crippen LogP contribution in [0.3, 0.4) is 0 Å². The number of rotatable bonds is 8. The number of hydrogen-bond donors (Lipinski definition) is 2. The monoisotopic (exact) mass is 196 g/mol. The Morgan fingerprint density at radius 3 is 2.57 bits per heavy atom. The molecule has 1 atom stereocenters. The predicted molar refractivity (Wildman–Crippen MR) is 63.1 cm³/mol. The lowest BCUT2D eigenvalue weighted by Crippen LogP contribution is -2.51. The number of unbranched alkanes of at least 4 members (excludes halogenated alkanes) is 1. The molecule has 0 saturated carbocycles. The Labute approximate surface area is 88.6 Å². The molecule has 0 saturated heterocycles. The van der Waals surface area contributed by atoms with Gasteiger partial charge in [-0.2, -0.15) is 0 Å². The third kappa shape index (κ3) is 4.64. The second kappa shape index (κ2) is 7.84. The van der Waals surface area contributed by atoms with Crippen molar-refractivity contribution in [3.8, 4) is 12.3 Å². The highest BCUT2D eigenvalue weighted by Crippen LogP contribution is 2.17. The normalized spacial score (nSPS) is 14.7. The fraction of sp³-hybridized carbons (Fsp3) is 0.833. The zero-order valence-electron chi connectivity index (χ0n) is 9.60. The van der Waals surface area contributed by atoms with Gasteiger partial charge in [-0.25, -0.2) is 0 Å². The molecule has 0 aromatic heterocycles. The highest BCUT2D eigenvalue weighted by molar-refractivity contribution is 4.91. The number of nitrogens with one attached hydrogen (secondary N) is 1. The molecule has 0 aliphatic carbocycles. The van der Waals surface area contributed by atoms with Crippen LogP contribution < -0.4 is 11.1 Å². The van der Waals surface area contributed by atoms with Gasteiger partial charge in [0.1, 0.15) is 0 Å². The van der Waals surface area contributed by atoms with Crippen LogP contribution in [0.2, 0.25) is 0 Å². The van der Waals surface area contributed by atoms with Crippen molar-refractivity contribution in [3.63, 3.8) is 0 Å². The van der Waals surface area contributed by atoms with E-state index in [-0.39, 0.29) is 5.54 Å². The lowest BCUT2D eigenvalue weighted by atomic mass is 9.89. The largest absolute Gasteiger partial charge is 0.329 e. The standard InChI is InChI=1S/C12H24N2/c1-4-7-9-12(6-3,11-13)14-10-8-5-2/h2,14H,4,6-11,13H2,1,3H3. The Morgan fingerprint density at radius 2 is 2.14 bits per heavy atom. The summed E-state index contributed by atoms with van der Waals surface area (Å²) in [5.74, 6) is 2.64. The fourth-order valence-electron chi connectivity index (χ4n) is 1.62. The van der Waals surface area contributed by atoms with Gasteiger partial charge in [0.05, 0.1) is 0 Å². The summed E-state index contributed by atoms with van der Waals surface area (Å²) in [5, 5.41) is 3.50. The van der Waals surface area contributed by atoms with Crippen LogP contribution in [0.25, 0.3) is 0 Å². The lowest BCUT2D eigenvalue weighted by molar-refractivity contribution is 0.294. The average Bonchev–Trinajstić information content (AvgIpc) is 2.24. The molecule has 0 radical (unpaired) electrons. The highest BCUT2D eigenvalue weighted by atomic mass is 15.0. The maximum Gasteiger partial charge on any atom is 0.0301 e. The molecule has 0 fully saturated rings. The van der Waals surface area contributed by atoms with Crippen molar-refractivity contribution in [2.24, 2.45) is 5.73 Å². The van der Waals surface area contributed by atoms with Crippen LogP contribution in [-0.4, -0.2) is 18.6 Å². The van der Waals surface area contributed by atoms with Gasteiger partial charge < -0.3 is 11.1 Å². The van der Waals surface area contributed by atoms with E-state index < -0.39 is 0 Å². The van der Waals surface area contributed by atoms with E-state index in [0.717, 1.165) is 25.8 Å². The Bertz CT molecular complexity index is 166. The van der Waals surface area contributed by atoms with Crippen LogP contribution in [0.1, 0.15) is 46.0 Å². The Kier molecular flexibility index (Phi) is 7.55. The van der Waals surface area contributed by atoms with Crippen LogP contribution in [0.5, 0.6) is 0 Å². The molecule has 82 valence electrons. The molecular formula is C12H24N2. The van der Waals surface area contributed by atoms with Gasteiger partial charge in [0, 0.05) is 25.0 Å². The molecule has 0 aliphatic rings. The first-order chi connectivity index (χ1) is 6.74. The van der Waals surface area contributed by atoms with Crippen molar-refractivity contribution in [2.45, 2.75) is 51.5 Å². The molecular weight excluding hydrogens is 172 g/mol. The van der Waals surface area contributed by atoms with Gasteiger partial charge in [-0.15, -0.1) is 12.3 Å². The molecule has 14 heavy (non-hydrogen) atoms. The van der Waals surface area contributed by atoms with Gasteiger partial charge in [0.15, 0.2) is 0 Å². The molecule has 0 aromatic rings. The highest BCUT2D eigenvalue weighted by Gasteiger charge is 2.24. The quantitative estimate of drug-likeness (QED) is 0.459. The van der Waals surface area contributed by atoms with E-state index in [1.165, 1.54) is 12.8 Å². The van der Waals surface area contributed by atoms with Crippen LogP contribution in [-0.2, 0) is 0 Å². The zero-order valence-corrected chi connectivity index (χ0v) is 9.60. The second-order valence-corrected chi connectivity index (χ2v) is 3.82. The van der Waals surface area contributed by atoms with Crippen LogP contribution >= 0.6 is 0 Å². The topological polar surface area (TPSA) is 38.0 Å². The number of terminal acetylenes is 1. The van der Waals surface area contributed by atoms with Gasteiger partial charge in [-0.1, -0.05) is 26.7 Å². The van der Waals surface area contributed by atoms with Gasteiger partial charge in [0.25, 0.3) is 0 Å². The third-order valence-corrected chi connectivity index (χ3v) is 2.85. The fourth-order valence-corrected chi connectivity index (χ4v) is 1.62. The van der Waals surface area contributed by atoms with E-state index in [2.05, 4.69) is 25.1 Å². The van der Waals surface area contributed by atoms with E-state index in [9.17, 15) is 0 Å². The maximum absolute atomic E-state index is 5.83. The Hall–Kier alpha value is -0.520. The Balaban J connectivity index is 4.01. The minimum absolute atomic E-state index is 0.118. The number of nitrogens with two attached hydrogens (primary N) is 1. The first-order valence-corrected chi connectivity index (χ1v) is 5.63. The molecule has 0 aromatic carbocycles. The maximum atomic E-state index is 5.83. The minimum atomic E-state index is 0.118. The summed E-state index contributed by atoms with van der Waals surface area (Å²) >= 11 is 0. The van der Waals surface area contributed by atoms with Crippen molar-refractivity contribution in [1.29, 1.82) is 0 Å². The SMILES string of the molecule is C#CCCNC(CC)(CN)CCCC. The van der Waals surface area contributed by atoms with Crippen molar-refractivity contribution in [1.82, 2.24) is 5.32 Å². The molecule has 1 unspecified atom stereocenters. The zero-order chi connectivity index (χ0) is 10.9. The van der Waals surface area contributed by atoms with E-state index >= 15 is 0 Å².